The first-order valence-electron chi connectivity index (χ1n) is 14.3. The van der Waals surface area contributed by atoms with Crippen molar-refractivity contribution in [1.82, 2.24) is 9.88 Å². The van der Waals surface area contributed by atoms with Crippen molar-refractivity contribution in [1.29, 1.82) is 0 Å². The second-order valence-electron chi connectivity index (χ2n) is 10.4. The van der Waals surface area contributed by atoms with Gasteiger partial charge in [0, 0.05) is 30.9 Å². The van der Waals surface area contributed by atoms with Crippen LogP contribution in [0.25, 0.3) is 5.76 Å². The Kier molecular flexibility index (Phi) is 8.57. The summed E-state index contributed by atoms with van der Waals surface area (Å²) in [6, 6.07) is 13.6. The Balaban J connectivity index is 1.59. The Bertz CT molecular complexity index is 1450. The molecule has 214 valence electrons. The number of fused-ring (bicyclic) bond motifs is 1. The molecular formula is C33H36N2O6. The molecule has 0 aliphatic carbocycles. The molecule has 0 saturated carbocycles. The average molecular weight is 557 g/mol. The number of unbranched alkanes of at least 4 members (excludes halogenated alkanes) is 2. The number of Topliss-reactive ketones (excluding diaryl/α,β-unsaturated/α-hetero) is 1. The number of benzene rings is 2. The van der Waals surface area contributed by atoms with Gasteiger partial charge in [0.25, 0.3) is 11.7 Å². The molecular weight excluding hydrogens is 520 g/mol. The molecule has 2 atom stereocenters. The van der Waals surface area contributed by atoms with Gasteiger partial charge in [-0.3, -0.25) is 14.6 Å². The summed E-state index contributed by atoms with van der Waals surface area (Å²) >= 11 is 0. The van der Waals surface area contributed by atoms with E-state index in [1.807, 2.05) is 32.0 Å². The number of ketones is 1. The molecule has 8 nitrogen and oxygen atoms in total. The van der Waals surface area contributed by atoms with Crippen LogP contribution in [0.3, 0.4) is 0 Å². The summed E-state index contributed by atoms with van der Waals surface area (Å²) in [6.45, 7) is 7.16. The third-order valence-electron chi connectivity index (χ3n) is 7.40. The first kappa shape index (κ1) is 28.2. The summed E-state index contributed by atoms with van der Waals surface area (Å²) in [5.74, 6) is 0.268. The number of amides is 1. The number of hydrogen-bond acceptors (Lipinski definition) is 7. The van der Waals surface area contributed by atoms with Crippen LogP contribution in [-0.4, -0.2) is 46.0 Å². The first-order chi connectivity index (χ1) is 19.9. The number of aliphatic hydroxyl groups is 1. The van der Waals surface area contributed by atoms with Crippen LogP contribution in [0, 0.1) is 0 Å². The minimum atomic E-state index is -0.833. The number of ether oxygens (including phenoxy) is 3. The van der Waals surface area contributed by atoms with E-state index in [2.05, 4.69) is 11.9 Å². The van der Waals surface area contributed by atoms with E-state index < -0.39 is 17.7 Å². The lowest BCUT2D eigenvalue weighted by atomic mass is 9.94. The van der Waals surface area contributed by atoms with Crippen molar-refractivity contribution in [2.45, 2.75) is 65.1 Å². The zero-order valence-electron chi connectivity index (χ0n) is 23.8. The van der Waals surface area contributed by atoms with E-state index in [4.69, 9.17) is 14.2 Å². The van der Waals surface area contributed by atoms with Crippen LogP contribution in [0.2, 0.25) is 0 Å². The molecule has 5 rings (SSSR count). The molecule has 0 unspecified atom stereocenters. The lowest BCUT2D eigenvalue weighted by Crippen LogP contribution is -2.29. The minimum Gasteiger partial charge on any atom is -0.507 e. The fourth-order valence-corrected chi connectivity index (χ4v) is 5.42. The van der Waals surface area contributed by atoms with Gasteiger partial charge in [-0.1, -0.05) is 25.8 Å². The summed E-state index contributed by atoms with van der Waals surface area (Å²) in [5.41, 5.74) is 2.91. The highest BCUT2D eigenvalue weighted by atomic mass is 16.5. The molecule has 0 spiro atoms. The summed E-state index contributed by atoms with van der Waals surface area (Å²) in [7, 11) is 0. The minimum absolute atomic E-state index is 0.0352. The lowest BCUT2D eigenvalue weighted by Gasteiger charge is -2.26. The summed E-state index contributed by atoms with van der Waals surface area (Å²) < 4.78 is 17.8. The van der Waals surface area contributed by atoms with Gasteiger partial charge in [0.1, 0.15) is 17.6 Å². The normalized spacial score (nSPS) is 19.2. The lowest BCUT2D eigenvalue weighted by molar-refractivity contribution is -0.140. The van der Waals surface area contributed by atoms with E-state index in [1.165, 1.54) is 4.90 Å². The number of pyridine rings is 1. The standard InChI is InChI=1S/C33H36N2O6/c1-4-6-7-16-40-27-11-8-23(19-28(27)39-5-2)30-29(31(36)24-9-10-26-25(18-24)17-21(3)41-26)32(37)33(38)35(30)20-22-12-14-34-15-13-22/h8-15,18-19,21,30,36H,4-7,16-17,20H2,1-3H3/b31-29+/t21-,30-/m0/s1. The number of nitrogens with zero attached hydrogens (tertiary/aromatic N) is 2. The third kappa shape index (κ3) is 5.92. The van der Waals surface area contributed by atoms with Gasteiger partial charge in [-0.15, -0.1) is 0 Å². The van der Waals surface area contributed by atoms with Crippen molar-refractivity contribution >= 4 is 17.4 Å². The first-order valence-corrected chi connectivity index (χ1v) is 14.3. The van der Waals surface area contributed by atoms with Gasteiger partial charge in [-0.05, 0) is 79.4 Å². The molecule has 1 amide bonds. The van der Waals surface area contributed by atoms with Crippen LogP contribution in [-0.2, 0) is 22.6 Å². The van der Waals surface area contributed by atoms with E-state index in [1.54, 1.807) is 42.7 Å². The second-order valence-corrected chi connectivity index (χ2v) is 10.4. The number of aliphatic hydroxyl groups excluding tert-OH is 1. The predicted molar refractivity (Wildman–Crippen MR) is 155 cm³/mol. The summed E-state index contributed by atoms with van der Waals surface area (Å²) in [6.07, 6.45) is 7.12. The summed E-state index contributed by atoms with van der Waals surface area (Å²) in [5, 5.41) is 11.6. The highest BCUT2D eigenvalue weighted by molar-refractivity contribution is 6.46. The molecule has 0 radical (unpaired) electrons. The average Bonchev–Trinajstić information content (AvgIpc) is 3.47. The smallest absolute Gasteiger partial charge is 0.295 e. The molecule has 0 bridgehead atoms. The quantitative estimate of drug-likeness (QED) is 0.134. The van der Waals surface area contributed by atoms with Crippen molar-refractivity contribution < 1.29 is 28.9 Å². The number of likely N-dealkylation sites (tertiary alicyclic amines) is 1. The van der Waals surface area contributed by atoms with Crippen LogP contribution in [0.1, 0.15) is 68.3 Å². The highest BCUT2D eigenvalue weighted by Gasteiger charge is 2.46. The zero-order chi connectivity index (χ0) is 28.9. The van der Waals surface area contributed by atoms with E-state index in [9.17, 15) is 14.7 Å². The maximum Gasteiger partial charge on any atom is 0.295 e. The molecule has 1 aromatic heterocycles. The molecule has 8 heteroatoms. The third-order valence-corrected chi connectivity index (χ3v) is 7.40. The van der Waals surface area contributed by atoms with Crippen LogP contribution in [0.5, 0.6) is 17.2 Å². The molecule has 2 aliphatic heterocycles. The number of carbonyl (C=O) groups excluding carboxylic acids is 2. The molecule has 1 N–H and O–H groups in total. The molecule has 1 saturated heterocycles. The molecule has 2 aliphatic rings. The monoisotopic (exact) mass is 556 g/mol. The Morgan fingerprint density at radius 3 is 2.59 bits per heavy atom. The van der Waals surface area contributed by atoms with Crippen molar-refractivity contribution in [3.8, 4) is 17.2 Å². The largest absolute Gasteiger partial charge is 0.507 e. The van der Waals surface area contributed by atoms with E-state index >= 15 is 0 Å². The van der Waals surface area contributed by atoms with E-state index in [0.29, 0.717) is 42.3 Å². The van der Waals surface area contributed by atoms with Gasteiger partial charge in [0.2, 0.25) is 0 Å². The number of aromatic nitrogens is 1. The van der Waals surface area contributed by atoms with Gasteiger partial charge in [0.05, 0.1) is 24.8 Å². The van der Waals surface area contributed by atoms with Gasteiger partial charge >= 0.3 is 0 Å². The Morgan fingerprint density at radius 2 is 1.83 bits per heavy atom. The Morgan fingerprint density at radius 1 is 1.02 bits per heavy atom. The van der Waals surface area contributed by atoms with E-state index in [0.717, 1.165) is 36.1 Å². The topological polar surface area (TPSA) is 98.2 Å². The highest BCUT2D eigenvalue weighted by Crippen LogP contribution is 2.43. The molecule has 3 heterocycles. The second kappa shape index (κ2) is 12.5. The number of hydrogen-bond donors (Lipinski definition) is 1. The fraction of sp³-hybridized carbons (Fsp3) is 0.364. The molecule has 41 heavy (non-hydrogen) atoms. The van der Waals surface area contributed by atoms with E-state index in [-0.39, 0.29) is 24.0 Å². The Hall–Kier alpha value is -4.33. The van der Waals surface area contributed by atoms with Crippen LogP contribution >= 0.6 is 0 Å². The van der Waals surface area contributed by atoms with Crippen molar-refractivity contribution in [3.63, 3.8) is 0 Å². The van der Waals surface area contributed by atoms with Crippen molar-refractivity contribution in [2.24, 2.45) is 0 Å². The maximum atomic E-state index is 13.6. The van der Waals surface area contributed by atoms with Crippen LogP contribution in [0.15, 0.2) is 66.5 Å². The SMILES string of the molecule is CCCCCOc1ccc([C@H]2/C(=C(\O)c3ccc4c(c3)C[C@H](C)O4)C(=O)C(=O)N2Cc2ccncc2)cc1OCC. The maximum absolute atomic E-state index is 13.6. The van der Waals surface area contributed by atoms with Gasteiger partial charge < -0.3 is 24.2 Å². The zero-order valence-corrected chi connectivity index (χ0v) is 23.8. The predicted octanol–water partition coefficient (Wildman–Crippen LogP) is 5.99. The van der Waals surface area contributed by atoms with Crippen molar-refractivity contribution in [3.05, 3.63) is 88.8 Å². The molecule has 3 aromatic rings. The van der Waals surface area contributed by atoms with Crippen LogP contribution in [0.4, 0.5) is 0 Å². The van der Waals surface area contributed by atoms with Gasteiger partial charge in [-0.25, -0.2) is 0 Å². The van der Waals surface area contributed by atoms with Crippen molar-refractivity contribution in [2.75, 3.05) is 13.2 Å². The van der Waals surface area contributed by atoms with Crippen LogP contribution < -0.4 is 14.2 Å². The summed E-state index contributed by atoms with van der Waals surface area (Å²) in [4.78, 5) is 32.6. The Labute approximate surface area is 240 Å². The molecule has 1 fully saturated rings. The number of rotatable bonds is 11. The fourth-order valence-electron chi connectivity index (χ4n) is 5.42. The van der Waals surface area contributed by atoms with Gasteiger partial charge in [-0.2, -0.15) is 0 Å². The number of carbonyl (C=O) groups is 2. The van der Waals surface area contributed by atoms with Gasteiger partial charge in [0.15, 0.2) is 11.5 Å². The molecule has 2 aromatic carbocycles.